The molecule has 1 aromatic carbocycles. The first-order chi connectivity index (χ1) is 8.28. The summed E-state index contributed by atoms with van der Waals surface area (Å²) in [7, 11) is 0. The fourth-order valence-electron chi connectivity index (χ4n) is 1.34. The Balaban J connectivity index is 2.44. The van der Waals surface area contributed by atoms with Gasteiger partial charge in [-0.15, -0.1) is 0 Å². The van der Waals surface area contributed by atoms with E-state index >= 15 is 0 Å². The molecule has 1 rings (SSSR count). The number of carbonyl (C=O) groups is 1. The van der Waals surface area contributed by atoms with E-state index in [1.165, 1.54) is 12.1 Å². The highest BCUT2D eigenvalue weighted by atomic mass is 19.1. The summed E-state index contributed by atoms with van der Waals surface area (Å²) in [5.41, 5.74) is 6.08. The van der Waals surface area contributed by atoms with Gasteiger partial charge in [-0.2, -0.15) is 0 Å². The predicted molar refractivity (Wildman–Crippen MR) is 67.6 cm³/mol. The average molecular weight is 254 g/mol. The molecule has 0 aliphatic carbocycles. The van der Waals surface area contributed by atoms with Gasteiger partial charge >= 0.3 is 6.09 Å². The summed E-state index contributed by atoms with van der Waals surface area (Å²) in [5, 5.41) is 2.57. The third kappa shape index (κ3) is 5.14. The summed E-state index contributed by atoms with van der Waals surface area (Å²) in [6, 6.07) is 5.47. The van der Waals surface area contributed by atoms with Crippen LogP contribution in [0.15, 0.2) is 24.3 Å². The van der Waals surface area contributed by atoms with Gasteiger partial charge in [-0.1, -0.05) is 12.1 Å². The Hall–Kier alpha value is -1.62. The zero-order valence-corrected chi connectivity index (χ0v) is 10.9. The van der Waals surface area contributed by atoms with E-state index < -0.39 is 17.7 Å². The van der Waals surface area contributed by atoms with E-state index in [-0.39, 0.29) is 12.4 Å². The second kappa shape index (κ2) is 5.82. The maximum absolute atomic E-state index is 12.7. The summed E-state index contributed by atoms with van der Waals surface area (Å²) in [6.07, 6.45) is -0.514. The van der Waals surface area contributed by atoms with Crippen LogP contribution in [-0.2, 0) is 4.74 Å². The SMILES string of the molecule is CC(C)(C)OC(=O)NC[C@@H](N)c1ccc(F)cc1. The standard InChI is InChI=1S/C13H19FN2O2/c1-13(2,3)18-12(17)16-8-11(15)9-4-6-10(14)7-5-9/h4-7,11H,8,15H2,1-3H3,(H,16,17)/t11-/m1/s1. The molecule has 0 aliphatic heterocycles. The molecule has 0 aliphatic rings. The van der Waals surface area contributed by atoms with Crippen LogP contribution in [0.25, 0.3) is 0 Å². The van der Waals surface area contributed by atoms with Crippen molar-refractivity contribution < 1.29 is 13.9 Å². The Labute approximate surface area is 106 Å². The van der Waals surface area contributed by atoms with Crippen molar-refractivity contribution >= 4 is 6.09 Å². The van der Waals surface area contributed by atoms with Crippen LogP contribution >= 0.6 is 0 Å². The Morgan fingerprint density at radius 3 is 2.44 bits per heavy atom. The van der Waals surface area contributed by atoms with Crippen molar-refractivity contribution in [2.24, 2.45) is 5.73 Å². The Morgan fingerprint density at radius 2 is 1.94 bits per heavy atom. The van der Waals surface area contributed by atoms with Crippen molar-refractivity contribution in [1.82, 2.24) is 5.32 Å². The van der Waals surface area contributed by atoms with E-state index in [0.29, 0.717) is 0 Å². The molecule has 1 amide bonds. The molecular formula is C13H19FN2O2. The molecule has 1 aromatic rings. The van der Waals surface area contributed by atoms with Crippen molar-refractivity contribution in [2.75, 3.05) is 6.54 Å². The van der Waals surface area contributed by atoms with Crippen molar-refractivity contribution in [3.63, 3.8) is 0 Å². The van der Waals surface area contributed by atoms with E-state index in [1.807, 2.05) is 0 Å². The minimum absolute atomic E-state index is 0.237. The smallest absolute Gasteiger partial charge is 0.407 e. The normalized spacial score (nSPS) is 12.9. The van der Waals surface area contributed by atoms with Gasteiger partial charge in [0.05, 0.1) is 0 Å². The highest BCUT2D eigenvalue weighted by molar-refractivity contribution is 5.67. The molecule has 1 atom stereocenters. The second-order valence-corrected chi connectivity index (χ2v) is 5.04. The van der Waals surface area contributed by atoms with E-state index in [1.54, 1.807) is 32.9 Å². The van der Waals surface area contributed by atoms with E-state index in [4.69, 9.17) is 10.5 Å². The minimum atomic E-state index is -0.538. The molecule has 0 aromatic heterocycles. The van der Waals surface area contributed by atoms with E-state index in [0.717, 1.165) is 5.56 Å². The summed E-state index contributed by atoms with van der Waals surface area (Å²) in [5.74, 6) is -0.314. The molecule has 18 heavy (non-hydrogen) atoms. The number of benzene rings is 1. The van der Waals surface area contributed by atoms with Gasteiger partial charge in [0.25, 0.3) is 0 Å². The predicted octanol–water partition coefficient (Wildman–Crippen LogP) is 2.35. The zero-order chi connectivity index (χ0) is 13.8. The van der Waals surface area contributed by atoms with Gasteiger partial charge in [-0.05, 0) is 38.5 Å². The van der Waals surface area contributed by atoms with Crippen LogP contribution in [0.3, 0.4) is 0 Å². The first kappa shape index (κ1) is 14.4. The van der Waals surface area contributed by atoms with Gasteiger partial charge in [0.2, 0.25) is 0 Å². The molecule has 0 radical (unpaired) electrons. The molecule has 0 saturated heterocycles. The molecule has 0 fully saturated rings. The summed E-state index contributed by atoms with van der Waals surface area (Å²) < 4.78 is 17.8. The van der Waals surface area contributed by atoms with Crippen LogP contribution in [0.5, 0.6) is 0 Å². The largest absolute Gasteiger partial charge is 0.444 e. The number of halogens is 1. The molecule has 0 saturated carbocycles. The molecule has 4 nitrogen and oxygen atoms in total. The highest BCUT2D eigenvalue weighted by Crippen LogP contribution is 2.11. The molecule has 0 spiro atoms. The van der Waals surface area contributed by atoms with Gasteiger partial charge in [0.1, 0.15) is 11.4 Å². The third-order valence-corrected chi connectivity index (χ3v) is 2.16. The third-order valence-electron chi connectivity index (χ3n) is 2.16. The van der Waals surface area contributed by atoms with Gasteiger partial charge in [-0.25, -0.2) is 9.18 Å². The Bertz CT molecular complexity index is 398. The maximum atomic E-state index is 12.7. The van der Waals surface area contributed by atoms with Crippen LogP contribution in [0.1, 0.15) is 32.4 Å². The molecule has 5 heteroatoms. The zero-order valence-electron chi connectivity index (χ0n) is 10.9. The van der Waals surface area contributed by atoms with Gasteiger partial charge < -0.3 is 15.8 Å². The van der Waals surface area contributed by atoms with Crippen molar-refractivity contribution in [3.05, 3.63) is 35.6 Å². The van der Waals surface area contributed by atoms with E-state index in [9.17, 15) is 9.18 Å². The maximum Gasteiger partial charge on any atom is 0.407 e. The number of carbonyl (C=O) groups excluding carboxylic acids is 1. The van der Waals surface area contributed by atoms with Gasteiger partial charge in [0, 0.05) is 12.6 Å². The monoisotopic (exact) mass is 254 g/mol. The molecule has 0 unspecified atom stereocenters. The lowest BCUT2D eigenvalue weighted by Crippen LogP contribution is -2.36. The quantitative estimate of drug-likeness (QED) is 0.870. The van der Waals surface area contributed by atoms with Crippen LogP contribution in [0.4, 0.5) is 9.18 Å². The average Bonchev–Trinajstić information content (AvgIpc) is 2.24. The number of rotatable bonds is 3. The minimum Gasteiger partial charge on any atom is -0.444 e. The lowest BCUT2D eigenvalue weighted by atomic mass is 10.1. The van der Waals surface area contributed by atoms with Crippen molar-refractivity contribution in [3.8, 4) is 0 Å². The van der Waals surface area contributed by atoms with Crippen LogP contribution in [0, 0.1) is 5.82 Å². The first-order valence-corrected chi connectivity index (χ1v) is 5.76. The number of alkyl carbamates (subject to hydrolysis) is 1. The molecule has 3 N–H and O–H groups in total. The lowest BCUT2D eigenvalue weighted by molar-refractivity contribution is 0.0524. The molecule has 0 heterocycles. The highest BCUT2D eigenvalue weighted by Gasteiger charge is 2.16. The van der Waals surface area contributed by atoms with Crippen LogP contribution in [-0.4, -0.2) is 18.2 Å². The van der Waals surface area contributed by atoms with Crippen molar-refractivity contribution in [2.45, 2.75) is 32.4 Å². The van der Waals surface area contributed by atoms with Crippen molar-refractivity contribution in [1.29, 1.82) is 0 Å². The number of nitrogens with one attached hydrogen (secondary N) is 1. The summed E-state index contributed by atoms with van der Waals surface area (Å²) >= 11 is 0. The number of hydrogen-bond acceptors (Lipinski definition) is 3. The molecular weight excluding hydrogens is 235 g/mol. The fraction of sp³-hybridized carbons (Fsp3) is 0.462. The number of nitrogens with two attached hydrogens (primary N) is 1. The van der Waals surface area contributed by atoms with Crippen LogP contribution in [0.2, 0.25) is 0 Å². The Morgan fingerprint density at radius 1 is 1.39 bits per heavy atom. The molecule has 0 bridgehead atoms. The number of amides is 1. The topological polar surface area (TPSA) is 64.3 Å². The number of ether oxygens (including phenoxy) is 1. The van der Waals surface area contributed by atoms with Crippen LogP contribution < -0.4 is 11.1 Å². The Kier molecular flexibility index (Phi) is 4.67. The fourth-order valence-corrected chi connectivity index (χ4v) is 1.34. The van der Waals surface area contributed by atoms with Gasteiger partial charge in [0.15, 0.2) is 0 Å². The summed E-state index contributed by atoms with van der Waals surface area (Å²) in [4.78, 5) is 11.4. The van der Waals surface area contributed by atoms with E-state index in [2.05, 4.69) is 5.32 Å². The number of hydrogen-bond donors (Lipinski definition) is 2. The lowest BCUT2D eigenvalue weighted by Gasteiger charge is -2.20. The summed E-state index contributed by atoms with van der Waals surface area (Å²) in [6.45, 7) is 5.59. The second-order valence-electron chi connectivity index (χ2n) is 5.04. The van der Waals surface area contributed by atoms with Gasteiger partial charge in [-0.3, -0.25) is 0 Å². The molecule has 100 valence electrons. The first-order valence-electron chi connectivity index (χ1n) is 5.76.